The smallest absolute Gasteiger partial charge is 0.407 e. The van der Waals surface area contributed by atoms with Crippen molar-refractivity contribution in [3.8, 4) is 11.5 Å². The number of benzene rings is 2. The Bertz CT molecular complexity index is 923. The summed E-state index contributed by atoms with van der Waals surface area (Å²) in [6.45, 7) is 11.5. The molecular weight excluding hydrogens is 441 g/mol. The van der Waals surface area contributed by atoms with E-state index in [9.17, 15) is 14.0 Å². The number of alkyl carbamates (subject to hydrolysis) is 1. The Morgan fingerprint density at radius 2 is 1.76 bits per heavy atom. The van der Waals surface area contributed by atoms with Gasteiger partial charge in [-0.2, -0.15) is 4.39 Å². The number of amides is 1. The van der Waals surface area contributed by atoms with Gasteiger partial charge in [0.15, 0.2) is 5.16 Å². The van der Waals surface area contributed by atoms with Crippen LogP contribution in [-0.2, 0) is 9.53 Å². The van der Waals surface area contributed by atoms with Gasteiger partial charge in [0.25, 0.3) is 0 Å². The minimum atomic E-state index is -0.464. The molecule has 0 atom stereocenters. The predicted molar refractivity (Wildman–Crippen MR) is 134 cm³/mol. The summed E-state index contributed by atoms with van der Waals surface area (Å²) in [6, 6.07) is 17.0. The molecule has 0 unspecified atom stereocenters. The molecule has 0 bridgehead atoms. The van der Waals surface area contributed by atoms with Crippen molar-refractivity contribution in [2.24, 2.45) is 0 Å². The highest BCUT2D eigenvalue weighted by Crippen LogP contribution is 2.38. The molecule has 178 valence electrons. The quantitative estimate of drug-likeness (QED) is 0.302. The van der Waals surface area contributed by atoms with Crippen molar-refractivity contribution in [1.29, 1.82) is 0 Å². The van der Waals surface area contributed by atoms with Gasteiger partial charge in [0, 0.05) is 23.4 Å². The molecule has 0 saturated heterocycles. The molecule has 2 rings (SSSR count). The average molecular weight is 474 g/mol. The van der Waals surface area contributed by atoms with E-state index in [1.807, 2.05) is 54.6 Å². The van der Waals surface area contributed by atoms with Crippen molar-refractivity contribution < 1.29 is 23.5 Å². The van der Waals surface area contributed by atoms with Gasteiger partial charge in [-0.05, 0) is 58.4 Å². The predicted octanol–water partition coefficient (Wildman–Crippen LogP) is 7.50. The molecule has 2 aromatic carbocycles. The second kappa shape index (κ2) is 14.9. The van der Waals surface area contributed by atoms with E-state index >= 15 is 0 Å². The van der Waals surface area contributed by atoms with Gasteiger partial charge < -0.3 is 19.6 Å². The van der Waals surface area contributed by atoms with Crippen LogP contribution in [0.15, 0.2) is 72.4 Å². The van der Waals surface area contributed by atoms with Gasteiger partial charge in [-0.3, -0.25) is 0 Å². The zero-order valence-corrected chi connectivity index (χ0v) is 20.4. The number of carbonyl (C=O) groups is 2. The van der Waals surface area contributed by atoms with Crippen molar-refractivity contribution in [2.75, 3.05) is 6.54 Å². The zero-order chi connectivity index (χ0) is 24.7. The molecule has 0 heterocycles. The maximum Gasteiger partial charge on any atom is 0.407 e. The van der Waals surface area contributed by atoms with Gasteiger partial charge in [-0.25, -0.2) is 4.79 Å². The summed E-state index contributed by atoms with van der Waals surface area (Å²) in [4.78, 5) is 21.6. The fraction of sp³-hybridized carbons (Fsp3) is 0.308. The van der Waals surface area contributed by atoms with E-state index in [2.05, 4.69) is 11.9 Å². The van der Waals surface area contributed by atoms with Crippen molar-refractivity contribution in [3.63, 3.8) is 0 Å². The van der Waals surface area contributed by atoms with Crippen LogP contribution < -0.4 is 10.1 Å². The first-order valence-electron chi connectivity index (χ1n) is 10.6. The van der Waals surface area contributed by atoms with E-state index < -0.39 is 11.7 Å². The summed E-state index contributed by atoms with van der Waals surface area (Å²) in [5.41, 5.74) is 0.327. The molecule has 0 aliphatic heterocycles. The van der Waals surface area contributed by atoms with Crippen molar-refractivity contribution >= 4 is 29.0 Å². The largest absolute Gasteiger partial charge is 0.457 e. The molecule has 2 aromatic rings. The van der Waals surface area contributed by atoms with Crippen LogP contribution in [0.1, 0.15) is 46.1 Å². The molecule has 1 amide bonds. The summed E-state index contributed by atoms with van der Waals surface area (Å²) >= 11 is 0.997. The summed E-state index contributed by atoms with van der Waals surface area (Å²) in [7, 11) is 0. The number of para-hydroxylation sites is 2. The molecule has 33 heavy (non-hydrogen) atoms. The number of hydrogen-bond acceptors (Lipinski definition) is 5. The highest BCUT2D eigenvalue weighted by atomic mass is 32.2. The van der Waals surface area contributed by atoms with Crippen LogP contribution in [0.5, 0.6) is 11.5 Å². The zero-order valence-electron chi connectivity index (χ0n) is 19.6. The first-order valence-corrected chi connectivity index (χ1v) is 11.4. The third kappa shape index (κ3) is 12.5. The maximum absolute atomic E-state index is 13.3. The van der Waals surface area contributed by atoms with E-state index in [1.165, 1.54) is 6.08 Å². The minimum Gasteiger partial charge on any atom is -0.457 e. The topological polar surface area (TPSA) is 64.6 Å². The van der Waals surface area contributed by atoms with Crippen LogP contribution >= 0.6 is 11.8 Å². The molecule has 0 fully saturated rings. The van der Waals surface area contributed by atoms with Gasteiger partial charge in [0.05, 0.1) is 0 Å². The molecule has 0 spiro atoms. The van der Waals surface area contributed by atoms with Crippen LogP contribution in [0, 0.1) is 0 Å². The third-order valence-corrected chi connectivity index (χ3v) is 4.67. The first kappa shape index (κ1) is 28.0. The van der Waals surface area contributed by atoms with Gasteiger partial charge in [-0.1, -0.05) is 54.7 Å². The molecule has 5 nitrogen and oxygen atoms in total. The minimum absolute atomic E-state index is 0.274. The number of nitrogens with one attached hydrogen (secondary N) is 1. The normalized spacial score (nSPS) is 11.0. The Hall–Kier alpha value is -3.06. The van der Waals surface area contributed by atoms with Crippen molar-refractivity contribution in [2.45, 2.75) is 46.1 Å². The molecule has 0 aromatic heterocycles. The number of ether oxygens (including phenoxy) is 2. The number of hydrogen-bond donors (Lipinski definition) is 1. The molecule has 7 heteroatoms. The van der Waals surface area contributed by atoms with E-state index in [-0.39, 0.29) is 5.16 Å². The van der Waals surface area contributed by atoms with Gasteiger partial charge >= 0.3 is 6.09 Å². The van der Waals surface area contributed by atoms with E-state index in [0.29, 0.717) is 30.0 Å². The molecule has 0 radical (unpaired) electrons. The van der Waals surface area contributed by atoms with Crippen molar-refractivity contribution in [1.82, 2.24) is 5.32 Å². The highest BCUT2D eigenvalue weighted by Gasteiger charge is 2.15. The van der Waals surface area contributed by atoms with Gasteiger partial charge in [-0.15, -0.1) is 0 Å². The lowest BCUT2D eigenvalue weighted by Crippen LogP contribution is -2.33. The third-order valence-electron chi connectivity index (χ3n) is 3.77. The monoisotopic (exact) mass is 473 g/mol. The van der Waals surface area contributed by atoms with Crippen LogP contribution in [0.4, 0.5) is 9.18 Å². The molecule has 0 aliphatic carbocycles. The number of carbonyl (C=O) groups excluding carboxylic acids is 2. The first-order chi connectivity index (χ1) is 15.7. The number of unbranched alkanes of at least 4 members (excludes halogenated alkanes) is 1. The summed E-state index contributed by atoms with van der Waals surface area (Å²) in [6.07, 6.45) is 2.93. The lowest BCUT2D eigenvalue weighted by atomic mass is 10.2. The van der Waals surface area contributed by atoms with Crippen molar-refractivity contribution in [3.05, 3.63) is 78.0 Å². The Labute approximate surface area is 200 Å². The van der Waals surface area contributed by atoms with E-state index in [1.54, 1.807) is 27.7 Å². The molecule has 0 aliphatic rings. The van der Waals surface area contributed by atoms with E-state index in [4.69, 9.17) is 9.47 Å². The summed E-state index contributed by atoms with van der Waals surface area (Å²) in [5, 5.41) is 2.28. The Balaban J connectivity index is 0.000000366. The second-order valence-electron chi connectivity index (χ2n) is 7.77. The van der Waals surface area contributed by atoms with E-state index in [0.717, 1.165) is 29.4 Å². The number of thioether (sulfide) groups is 1. The Morgan fingerprint density at radius 1 is 1.12 bits per heavy atom. The SMILES string of the molecule is C=C(S/C(F)=C\C)c1ccccc1Oc1ccccc1.CC(C)(C)OC(=O)NCCCC=O. The second-order valence-corrected chi connectivity index (χ2v) is 8.85. The standard InChI is InChI=1S/C17H15FOS.C9H17NO3/c1-3-17(18)20-13(2)15-11-7-8-12-16(15)19-14-9-5-4-6-10-14;1-9(2,3)13-8(12)10-6-4-5-7-11/h3-12H,2H2,1H3;7H,4-6H2,1-3H3,(H,10,12)/b17-3-;. The number of rotatable bonds is 9. The average Bonchev–Trinajstić information content (AvgIpc) is 2.77. The fourth-order valence-corrected chi connectivity index (χ4v) is 2.95. The van der Waals surface area contributed by atoms with Crippen LogP contribution in [0.3, 0.4) is 0 Å². The summed E-state index contributed by atoms with van der Waals surface area (Å²) < 4.78 is 24.2. The maximum atomic E-state index is 13.3. The number of aldehydes is 1. The van der Waals surface area contributed by atoms with Crippen LogP contribution in [-0.4, -0.2) is 24.5 Å². The Kier molecular flexibility index (Phi) is 12.6. The molecule has 1 N–H and O–H groups in total. The highest BCUT2D eigenvalue weighted by molar-refractivity contribution is 8.11. The number of halogens is 1. The van der Waals surface area contributed by atoms with Gasteiger partial charge in [0.1, 0.15) is 23.4 Å². The molecular formula is C26H32FNO4S. The lowest BCUT2D eigenvalue weighted by Gasteiger charge is -2.19. The molecule has 0 saturated carbocycles. The Morgan fingerprint density at radius 3 is 2.36 bits per heavy atom. The van der Waals surface area contributed by atoms with Gasteiger partial charge in [0.2, 0.25) is 0 Å². The number of allylic oxidation sites excluding steroid dienone is 1. The van der Waals surface area contributed by atoms with Crippen LogP contribution in [0.25, 0.3) is 4.91 Å². The lowest BCUT2D eigenvalue weighted by molar-refractivity contribution is -0.107. The van der Waals surface area contributed by atoms with Crippen LogP contribution in [0.2, 0.25) is 0 Å². The fourth-order valence-electron chi connectivity index (χ4n) is 2.32. The summed E-state index contributed by atoms with van der Waals surface area (Å²) in [5.74, 6) is 1.41.